The summed E-state index contributed by atoms with van der Waals surface area (Å²) in [5, 5.41) is 9.42. The zero-order chi connectivity index (χ0) is 15.2. The Morgan fingerprint density at radius 2 is 1.76 bits per heavy atom. The van der Waals surface area contributed by atoms with E-state index in [1.807, 2.05) is 31.2 Å². The third-order valence-electron chi connectivity index (χ3n) is 3.66. The SMILES string of the molecule is CCC(N)C(Oc1ccccc1CO)c1ccc(C)cc1. The maximum atomic E-state index is 9.42. The first-order valence-corrected chi connectivity index (χ1v) is 7.33. The van der Waals surface area contributed by atoms with Gasteiger partial charge in [-0.15, -0.1) is 0 Å². The Balaban J connectivity index is 2.30. The number of para-hydroxylation sites is 1. The lowest BCUT2D eigenvalue weighted by Crippen LogP contribution is -2.31. The molecule has 2 aromatic carbocycles. The molecule has 0 fully saturated rings. The molecule has 2 atom stereocenters. The highest BCUT2D eigenvalue weighted by molar-refractivity contribution is 5.34. The lowest BCUT2D eigenvalue weighted by molar-refractivity contribution is 0.164. The molecule has 112 valence electrons. The number of benzene rings is 2. The highest BCUT2D eigenvalue weighted by Crippen LogP contribution is 2.28. The topological polar surface area (TPSA) is 55.5 Å². The fourth-order valence-corrected chi connectivity index (χ4v) is 2.26. The summed E-state index contributed by atoms with van der Waals surface area (Å²) in [4.78, 5) is 0. The first kappa shape index (κ1) is 15.5. The first-order chi connectivity index (χ1) is 10.2. The summed E-state index contributed by atoms with van der Waals surface area (Å²) in [6, 6.07) is 15.6. The molecule has 21 heavy (non-hydrogen) atoms. The van der Waals surface area contributed by atoms with Gasteiger partial charge in [-0.3, -0.25) is 0 Å². The van der Waals surface area contributed by atoms with E-state index in [2.05, 4.69) is 31.2 Å². The third-order valence-corrected chi connectivity index (χ3v) is 3.66. The lowest BCUT2D eigenvalue weighted by Gasteiger charge is -2.26. The summed E-state index contributed by atoms with van der Waals surface area (Å²) >= 11 is 0. The Morgan fingerprint density at radius 3 is 2.38 bits per heavy atom. The second kappa shape index (κ2) is 7.25. The summed E-state index contributed by atoms with van der Waals surface area (Å²) in [7, 11) is 0. The van der Waals surface area contributed by atoms with Crippen LogP contribution in [0.15, 0.2) is 48.5 Å². The molecular weight excluding hydrogens is 262 g/mol. The van der Waals surface area contributed by atoms with Crippen LogP contribution in [-0.4, -0.2) is 11.1 Å². The van der Waals surface area contributed by atoms with Gasteiger partial charge in [0, 0.05) is 11.6 Å². The average molecular weight is 285 g/mol. The van der Waals surface area contributed by atoms with E-state index < -0.39 is 0 Å². The smallest absolute Gasteiger partial charge is 0.139 e. The van der Waals surface area contributed by atoms with Crippen molar-refractivity contribution >= 4 is 0 Å². The zero-order valence-corrected chi connectivity index (χ0v) is 12.6. The molecule has 0 saturated heterocycles. The molecule has 0 aliphatic rings. The highest BCUT2D eigenvalue weighted by atomic mass is 16.5. The third kappa shape index (κ3) is 3.84. The number of ether oxygens (including phenoxy) is 1. The molecule has 0 saturated carbocycles. The first-order valence-electron chi connectivity index (χ1n) is 7.33. The molecule has 3 nitrogen and oxygen atoms in total. The Bertz CT molecular complexity index is 566. The van der Waals surface area contributed by atoms with Crippen LogP contribution < -0.4 is 10.5 Å². The number of aliphatic hydroxyl groups is 1. The lowest BCUT2D eigenvalue weighted by atomic mass is 9.99. The number of rotatable bonds is 6. The van der Waals surface area contributed by atoms with E-state index in [0.717, 1.165) is 17.5 Å². The van der Waals surface area contributed by atoms with Crippen molar-refractivity contribution in [3.63, 3.8) is 0 Å². The van der Waals surface area contributed by atoms with E-state index in [1.54, 1.807) is 0 Å². The minimum absolute atomic E-state index is 0.0435. The van der Waals surface area contributed by atoms with Crippen molar-refractivity contribution < 1.29 is 9.84 Å². The van der Waals surface area contributed by atoms with E-state index in [-0.39, 0.29) is 18.8 Å². The molecule has 0 bridgehead atoms. The molecular formula is C18H23NO2. The van der Waals surface area contributed by atoms with Crippen LogP contribution in [0, 0.1) is 6.92 Å². The normalized spacial score (nSPS) is 13.7. The van der Waals surface area contributed by atoms with Crippen LogP contribution in [0.5, 0.6) is 5.75 Å². The Hall–Kier alpha value is -1.84. The van der Waals surface area contributed by atoms with Crippen molar-refractivity contribution in [2.75, 3.05) is 0 Å². The molecule has 0 spiro atoms. The van der Waals surface area contributed by atoms with Crippen molar-refractivity contribution in [3.8, 4) is 5.75 Å². The molecule has 0 aromatic heterocycles. The van der Waals surface area contributed by atoms with Crippen LogP contribution in [0.25, 0.3) is 0 Å². The van der Waals surface area contributed by atoms with Gasteiger partial charge in [-0.05, 0) is 25.0 Å². The molecule has 2 aromatic rings. The summed E-state index contributed by atoms with van der Waals surface area (Å²) in [6.45, 7) is 4.06. The summed E-state index contributed by atoms with van der Waals surface area (Å²) < 4.78 is 6.13. The van der Waals surface area contributed by atoms with Crippen LogP contribution in [0.3, 0.4) is 0 Å². The minimum Gasteiger partial charge on any atom is -0.484 e. The van der Waals surface area contributed by atoms with Crippen molar-refractivity contribution in [2.24, 2.45) is 5.73 Å². The van der Waals surface area contributed by atoms with Crippen molar-refractivity contribution in [2.45, 2.75) is 39.0 Å². The summed E-state index contributed by atoms with van der Waals surface area (Å²) in [5.41, 5.74) is 9.28. The fourth-order valence-electron chi connectivity index (χ4n) is 2.26. The maximum Gasteiger partial charge on any atom is 0.139 e. The van der Waals surface area contributed by atoms with Gasteiger partial charge in [0.05, 0.1) is 6.61 Å². The maximum absolute atomic E-state index is 9.42. The van der Waals surface area contributed by atoms with Gasteiger partial charge < -0.3 is 15.6 Å². The van der Waals surface area contributed by atoms with Crippen molar-refractivity contribution in [1.82, 2.24) is 0 Å². The van der Waals surface area contributed by atoms with Gasteiger partial charge in [0.25, 0.3) is 0 Å². The van der Waals surface area contributed by atoms with E-state index in [0.29, 0.717) is 5.75 Å². The second-order valence-corrected chi connectivity index (χ2v) is 5.29. The Labute approximate surface area is 126 Å². The van der Waals surface area contributed by atoms with Crippen molar-refractivity contribution in [1.29, 1.82) is 0 Å². The number of nitrogens with two attached hydrogens (primary N) is 1. The van der Waals surface area contributed by atoms with E-state index in [4.69, 9.17) is 10.5 Å². The second-order valence-electron chi connectivity index (χ2n) is 5.29. The predicted octanol–water partition coefficient (Wildman–Crippen LogP) is 3.34. The van der Waals surface area contributed by atoms with Crippen LogP contribution >= 0.6 is 0 Å². The van der Waals surface area contributed by atoms with Crippen LogP contribution in [-0.2, 0) is 6.61 Å². The number of aryl methyl sites for hydroxylation is 1. The monoisotopic (exact) mass is 285 g/mol. The quantitative estimate of drug-likeness (QED) is 0.856. The summed E-state index contributed by atoms with van der Waals surface area (Å²) in [6.07, 6.45) is 0.600. The van der Waals surface area contributed by atoms with Gasteiger partial charge in [-0.25, -0.2) is 0 Å². The molecule has 0 aliphatic carbocycles. The van der Waals surface area contributed by atoms with Gasteiger partial charge >= 0.3 is 0 Å². The van der Waals surface area contributed by atoms with Gasteiger partial charge in [0.1, 0.15) is 11.9 Å². The molecule has 0 amide bonds. The minimum atomic E-state index is -0.219. The average Bonchev–Trinajstić information content (AvgIpc) is 2.53. The largest absolute Gasteiger partial charge is 0.484 e. The van der Waals surface area contributed by atoms with Crippen molar-refractivity contribution in [3.05, 3.63) is 65.2 Å². The molecule has 2 rings (SSSR count). The summed E-state index contributed by atoms with van der Waals surface area (Å²) in [5.74, 6) is 0.689. The standard InChI is InChI=1S/C18H23NO2/c1-3-16(19)18(14-10-8-13(2)9-11-14)21-17-7-5-4-6-15(17)12-20/h4-11,16,18,20H,3,12,19H2,1-2H3. The highest BCUT2D eigenvalue weighted by Gasteiger charge is 2.21. The van der Waals surface area contributed by atoms with Crippen LogP contribution in [0.4, 0.5) is 0 Å². The van der Waals surface area contributed by atoms with Gasteiger partial charge in [0.15, 0.2) is 0 Å². The molecule has 2 unspecified atom stereocenters. The molecule has 0 aliphatic heterocycles. The molecule has 0 heterocycles. The van der Waals surface area contributed by atoms with Gasteiger partial charge in [-0.1, -0.05) is 55.0 Å². The number of aliphatic hydroxyl groups excluding tert-OH is 1. The van der Waals surface area contributed by atoms with E-state index >= 15 is 0 Å². The Kier molecular flexibility index (Phi) is 5.37. The predicted molar refractivity (Wildman–Crippen MR) is 85.2 cm³/mol. The van der Waals surface area contributed by atoms with E-state index in [9.17, 15) is 5.11 Å². The fraction of sp³-hybridized carbons (Fsp3) is 0.333. The Morgan fingerprint density at radius 1 is 1.10 bits per heavy atom. The van der Waals surface area contributed by atoms with E-state index in [1.165, 1.54) is 5.56 Å². The number of hydrogen-bond donors (Lipinski definition) is 2. The van der Waals surface area contributed by atoms with Crippen LogP contribution in [0.1, 0.15) is 36.1 Å². The number of hydrogen-bond acceptors (Lipinski definition) is 3. The van der Waals surface area contributed by atoms with Crippen LogP contribution in [0.2, 0.25) is 0 Å². The molecule has 3 N–H and O–H groups in total. The van der Waals surface area contributed by atoms with Gasteiger partial charge in [0.2, 0.25) is 0 Å². The zero-order valence-electron chi connectivity index (χ0n) is 12.6. The molecule has 3 heteroatoms. The molecule has 0 radical (unpaired) electrons. The van der Waals surface area contributed by atoms with Gasteiger partial charge in [-0.2, -0.15) is 0 Å².